The molecule has 1 atom stereocenters. The van der Waals surface area contributed by atoms with Crippen LogP contribution in [0.1, 0.15) is 51.5 Å². The lowest BCUT2D eigenvalue weighted by Crippen LogP contribution is -2.42. The maximum Gasteiger partial charge on any atom is 0.243 e. The molecule has 142 valence electrons. The van der Waals surface area contributed by atoms with Crippen molar-refractivity contribution < 1.29 is 13.2 Å². The lowest BCUT2D eigenvalue weighted by Gasteiger charge is -2.32. The average Bonchev–Trinajstić information content (AvgIpc) is 2.88. The lowest BCUT2D eigenvalue weighted by atomic mass is 9.84. The largest absolute Gasteiger partial charge is 0.309 e. The van der Waals surface area contributed by atoms with Crippen LogP contribution >= 0.6 is 0 Å². The molecule has 6 heteroatoms. The average molecular weight is 377 g/mol. The third-order valence-electron chi connectivity index (χ3n) is 6.34. The lowest BCUT2D eigenvalue weighted by molar-refractivity contribution is -0.125. The van der Waals surface area contributed by atoms with E-state index >= 15 is 0 Å². The second-order valence-electron chi connectivity index (χ2n) is 8.27. The molecule has 0 aromatic heterocycles. The topological polar surface area (TPSA) is 57.7 Å². The van der Waals surface area contributed by atoms with Gasteiger partial charge in [0.2, 0.25) is 15.9 Å². The molecule has 26 heavy (non-hydrogen) atoms. The van der Waals surface area contributed by atoms with E-state index in [2.05, 4.69) is 13.8 Å². The molecule has 3 aliphatic rings. The number of sulfonamides is 1. The Morgan fingerprint density at radius 3 is 2.38 bits per heavy atom. The SMILES string of the molecule is CC1CCN(S(=O)(=O)c2ccc3c(c2)C[C@@H](C)N3C(=O)C2CCC2)CC1. The molecule has 4 rings (SSSR count). The van der Waals surface area contributed by atoms with Gasteiger partial charge in [0.1, 0.15) is 0 Å². The van der Waals surface area contributed by atoms with E-state index < -0.39 is 10.0 Å². The number of hydrogen-bond donors (Lipinski definition) is 0. The molecule has 0 unspecified atom stereocenters. The van der Waals surface area contributed by atoms with Crippen LogP contribution in [-0.4, -0.2) is 37.8 Å². The van der Waals surface area contributed by atoms with Crippen molar-refractivity contribution >= 4 is 21.6 Å². The van der Waals surface area contributed by atoms with Gasteiger partial charge in [-0.05, 0) is 68.7 Å². The molecule has 0 radical (unpaired) electrons. The van der Waals surface area contributed by atoms with Gasteiger partial charge in [0.15, 0.2) is 0 Å². The number of hydrogen-bond acceptors (Lipinski definition) is 3. The summed E-state index contributed by atoms with van der Waals surface area (Å²) in [5.41, 5.74) is 1.89. The van der Waals surface area contributed by atoms with Crippen molar-refractivity contribution in [3.8, 4) is 0 Å². The van der Waals surface area contributed by atoms with Gasteiger partial charge in [-0.3, -0.25) is 4.79 Å². The number of amides is 1. The predicted molar refractivity (Wildman–Crippen MR) is 102 cm³/mol. The Hall–Kier alpha value is -1.40. The van der Waals surface area contributed by atoms with Crippen molar-refractivity contribution in [2.45, 2.75) is 63.3 Å². The van der Waals surface area contributed by atoms with E-state index in [9.17, 15) is 13.2 Å². The molecule has 2 fully saturated rings. The molecule has 1 saturated carbocycles. The van der Waals surface area contributed by atoms with Crippen LogP contribution in [-0.2, 0) is 21.2 Å². The summed E-state index contributed by atoms with van der Waals surface area (Å²) >= 11 is 0. The molecule has 1 aromatic carbocycles. The zero-order valence-corrected chi connectivity index (χ0v) is 16.5. The predicted octanol–water partition coefficient (Wildman–Crippen LogP) is 3.18. The van der Waals surface area contributed by atoms with Crippen LogP contribution in [0, 0.1) is 11.8 Å². The minimum absolute atomic E-state index is 0.104. The highest BCUT2D eigenvalue weighted by Gasteiger charge is 2.38. The van der Waals surface area contributed by atoms with Crippen molar-refractivity contribution in [2.24, 2.45) is 11.8 Å². The second kappa shape index (κ2) is 6.64. The Morgan fingerprint density at radius 1 is 1.08 bits per heavy atom. The maximum absolute atomic E-state index is 13.0. The molecule has 1 aromatic rings. The molecule has 2 aliphatic heterocycles. The fraction of sp³-hybridized carbons (Fsp3) is 0.650. The Morgan fingerprint density at radius 2 is 1.77 bits per heavy atom. The fourth-order valence-corrected chi connectivity index (χ4v) is 5.85. The molecular weight excluding hydrogens is 348 g/mol. The highest BCUT2D eigenvalue weighted by molar-refractivity contribution is 7.89. The van der Waals surface area contributed by atoms with Gasteiger partial charge in [-0.15, -0.1) is 0 Å². The number of anilines is 1. The molecule has 1 aliphatic carbocycles. The number of rotatable bonds is 3. The van der Waals surface area contributed by atoms with Gasteiger partial charge < -0.3 is 4.90 Å². The van der Waals surface area contributed by atoms with Crippen molar-refractivity contribution in [3.05, 3.63) is 23.8 Å². The van der Waals surface area contributed by atoms with Gasteiger partial charge in [-0.1, -0.05) is 13.3 Å². The number of piperidine rings is 1. The Kier molecular flexibility index (Phi) is 4.59. The first kappa shape index (κ1) is 18.0. The highest BCUT2D eigenvalue weighted by atomic mass is 32.2. The molecule has 2 heterocycles. The smallest absolute Gasteiger partial charge is 0.243 e. The van der Waals surface area contributed by atoms with Crippen molar-refractivity contribution in [1.29, 1.82) is 0 Å². The summed E-state index contributed by atoms with van der Waals surface area (Å²) < 4.78 is 27.6. The number of benzene rings is 1. The minimum atomic E-state index is -3.44. The van der Waals surface area contributed by atoms with Crippen LogP contribution in [0.5, 0.6) is 0 Å². The molecule has 5 nitrogen and oxygen atoms in total. The Bertz CT molecular complexity index is 808. The molecule has 1 amide bonds. The quantitative estimate of drug-likeness (QED) is 0.814. The highest BCUT2D eigenvalue weighted by Crippen LogP contribution is 2.38. The summed E-state index contributed by atoms with van der Waals surface area (Å²) in [6, 6.07) is 5.43. The van der Waals surface area contributed by atoms with Gasteiger partial charge in [-0.25, -0.2) is 8.42 Å². The van der Waals surface area contributed by atoms with Crippen molar-refractivity contribution in [3.63, 3.8) is 0 Å². The minimum Gasteiger partial charge on any atom is -0.309 e. The van der Waals surface area contributed by atoms with Crippen LogP contribution in [0.25, 0.3) is 0 Å². The van der Waals surface area contributed by atoms with Gasteiger partial charge in [0.25, 0.3) is 0 Å². The van der Waals surface area contributed by atoms with Crippen molar-refractivity contribution in [2.75, 3.05) is 18.0 Å². The first-order valence-electron chi connectivity index (χ1n) is 9.84. The van der Waals surface area contributed by atoms with Crippen LogP contribution in [0.4, 0.5) is 5.69 Å². The summed E-state index contributed by atoms with van der Waals surface area (Å²) in [5, 5.41) is 0. The standard InChI is InChI=1S/C20H28N2O3S/c1-14-8-10-21(11-9-14)26(24,25)18-6-7-19-17(13-18)12-15(2)22(19)20(23)16-4-3-5-16/h6-7,13-16H,3-5,8-12H2,1-2H3/t15-/m1/s1. The number of fused-ring (bicyclic) bond motifs is 1. The number of nitrogens with zero attached hydrogens (tertiary/aromatic N) is 2. The van der Waals surface area contributed by atoms with Gasteiger partial charge in [0, 0.05) is 30.7 Å². The van der Waals surface area contributed by atoms with E-state index in [1.807, 2.05) is 11.0 Å². The van der Waals surface area contributed by atoms with E-state index in [1.54, 1.807) is 16.4 Å². The normalized spacial score (nSPS) is 25.2. The third kappa shape index (κ3) is 2.97. The number of carbonyl (C=O) groups excluding carboxylic acids is 1. The van der Waals surface area contributed by atoms with E-state index in [4.69, 9.17) is 0 Å². The summed E-state index contributed by atoms with van der Waals surface area (Å²) in [5.74, 6) is 0.957. The second-order valence-corrected chi connectivity index (χ2v) is 10.2. The summed E-state index contributed by atoms with van der Waals surface area (Å²) in [6.45, 7) is 5.43. The van der Waals surface area contributed by atoms with Gasteiger partial charge in [-0.2, -0.15) is 4.31 Å². The molecule has 0 spiro atoms. The molecule has 0 bridgehead atoms. The van der Waals surface area contributed by atoms with Crippen LogP contribution in [0.3, 0.4) is 0 Å². The zero-order valence-electron chi connectivity index (χ0n) is 15.6. The zero-order chi connectivity index (χ0) is 18.5. The summed E-state index contributed by atoms with van der Waals surface area (Å²) in [7, 11) is -3.44. The number of carbonyl (C=O) groups is 1. The first-order chi connectivity index (χ1) is 12.4. The Labute approximate surface area is 156 Å². The van der Waals surface area contributed by atoms with E-state index in [0.717, 1.165) is 49.8 Å². The molecule has 0 N–H and O–H groups in total. The fourth-order valence-electron chi connectivity index (χ4n) is 4.33. The van der Waals surface area contributed by atoms with E-state index in [1.165, 1.54) is 0 Å². The molecule has 1 saturated heterocycles. The third-order valence-corrected chi connectivity index (χ3v) is 8.23. The Balaban J connectivity index is 1.60. The monoisotopic (exact) mass is 376 g/mol. The van der Waals surface area contributed by atoms with Crippen LogP contribution < -0.4 is 4.90 Å². The first-order valence-corrected chi connectivity index (χ1v) is 11.3. The van der Waals surface area contributed by atoms with Crippen LogP contribution in [0.15, 0.2) is 23.1 Å². The van der Waals surface area contributed by atoms with Crippen LogP contribution in [0.2, 0.25) is 0 Å². The summed E-state index contributed by atoms with van der Waals surface area (Å²) in [4.78, 5) is 15.0. The van der Waals surface area contributed by atoms with Gasteiger partial charge in [0.05, 0.1) is 4.90 Å². The molecular formula is C20H28N2O3S. The summed E-state index contributed by atoms with van der Waals surface area (Å²) in [6.07, 6.45) is 5.68. The van der Waals surface area contributed by atoms with E-state index in [0.29, 0.717) is 23.9 Å². The van der Waals surface area contributed by atoms with E-state index in [-0.39, 0.29) is 17.9 Å². The maximum atomic E-state index is 13.0. The van der Waals surface area contributed by atoms with Gasteiger partial charge >= 0.3 is 0 Å². The van der Waals surface area contributed by atoms with Crippen molar-refractivity contribution in [1.82, 2.24) is 4.31 Å².